The first-order valence-electron chi connectivity index (χ1n) is 6.59. The molecule has 0 saturated carbocycles. The van der Waals surface area contributed by atoms with Gasteiger partial charge < -0.3 is 16.2 Å². The first-order chi connectivity index (χ1) is 9.35. The average molecular weight is 275 g/mol. The quantitative estimate of drug-likeness (QED) is 0.472. The maximum absolute atomic E-state index is 11.8. The number of nitrogens with two attached hydrogens (primary N) is 2. The number of unbranched alkanes of at least 4 members (excludes halogenated alkanes) is 1. The predicted molar refractivity (Wildman–Crippen MR) is 78.8 cm³/mol. The highest BCUT2D eigenvalue weighted by atomic mass is 16.5. The summed E-state index contributed by atoms with van der Waals surface area (Å²) in [7, 11) is 0. The first-order valence-corrected chi connectivity index (χ1v) is 6.59. The SMILES string of the molecule is CC(C)(C#N)CCCCOC(=O)c1ccc(N)cc1N. The van der Waals surface area contributed by atoms with Crippen LogP contribution in [-0.2, 0) is 4.74 Å². The predicted octanol–water partition coefficient (Wildman–Crippen LogP) is 2.73. The standard InChI is InChI=1S/C15H21N3O2/c1-15(2,10-16)7-3-4-8-20-14(19)12-6-5-11(17)9-13(12)18/h5-6,9H,3-4,7-8,17-18H2,1-2H3. The Morgan fingerprint density at radius 3 is 2.65 bits per heavy atom. The molecule has 0 aliphatic carbocycles. The van der Waals surface area contributed by atoms with Crippen molar-refractivity contribution in [1.29, 1.82) is 5.26 Å². The first kappa shape index (κ1) is 15.8. The third kappa shape index (κ3) is 4.81. The van der Waals surface area contributed by atoms with E-state index < -0.39 is 5.97 Å². The smallest absolute Gasteiger partial charge is 0.340 e. The molecule has 0 radical (unpaired) electrons. The van der Waals surface area contributed by atoms with Gasteiger partial charge in [-0.3, -0.25) is 0 Å². The molecule has 0 unspecified atom stereocenters. The van der Waals surface area contributed by atoms with Gasteiger partial charge in [0.15, 0.2) is 0 Å². The number of nitrogens with zero attached hydrogens (tertiary/aromatic N) is 1. The van der Waals surface area contributed by atoms with E-state index in [4.69, 9.17) is 21.5 Å². The van der Waals surface area contributed by atoms with Crippen molar-refractivity contribution >= 4 is 17.3 Å². The van der Waals surface area contributed by atoms with Crippen LogP contribution in [0, 0.1) is 16.7 Å². The van der Waals surface area contributed by atoms with Crippen molar-refractivity contribution in [2.24, 2.45) is 5.41 Å². The van der Waals surface area contributed by atoms with Gasteiger partial charge >= 0.3 is 5.97 Å². The van der Waals surface area contributed by atoms with Crippen LogP contribution in [0.4, 0.5) is 11.4 Å². The molecule has 0 bridgehead atoms. The Labute approximate surface area is 119 Å². The van der Waals surface area contributed by atoms with Crippen LogP contribution in [0.2, 0.25) is 0 Å². The average Bonchev–Trinajstić information content (AvgIpc) is 2.38. The lowest BCUT2D eigenvalue weighted by Gasteiger charge is -2.14. The molecule has 0 spiro atoms. The highest BCUT2D eigenvalue weighted by molar-refractivity contribution is 5.95. The van der Waals surface area contributed by atoms with E-state index in [1.54, 1.807) is 12.1 Å². The zero-order chi connectivity index (χ0) is 15.2. The Kier molecular flexibility index (Phi) is 5.39. The van der Waals surface area contributed by atoms with Crippen LogP contribution in [0.25, 0.3) is 0 Å². The Morgan fingerprint density at radius 2 is 2.05 bits per heavy atom. The number of benzene rings is 1. The van der Waals surface area contributed by atoms with Crippen LogP contribution in [0.5, 0.6) is 0 Å². The summed E-state index contributed by atoms with van der Waals surface area (Å²) in [6.07, 6.45) is 2.35. The van der Waals surface area contributed by atoms with Gasteiger partial charge in [-0.05, 0) is 51.3 Å². The monoisotopic (exact) mass is 275 g/mol. The summed E-state index contributed by atoms with van der Waals surface area (Å²) in [5.41, 5.74) is 12.1. The van der Waals surface area contributed by atoms with Crippen LogP contribution >= 0.6 is 0 Å². The number of carbonyl (C=O) groups is 1. The third-order valence-corrected chi connectivity index (χ3v) is 3.03. The van der Waals surface area contributed by atoms with Gasteiger partial charge in [0, 0.05) is 11.4 Å². The Bertz CT molecular complexity index is 518. The lowest BCUT2D eigenvalue weighted by molar-refractivity contribution is 0.0497. The molecule has 20 heavy (non-hydrogen) atoms. The van der Waals surface area contributed by atoms with E-state index in [0.29, 0.717) is 23.5 Å². The minimum Gasteiger partial charge on any atom is -0.462 e. The minimum atomic E-state index is -0.443. The second kappa shape index (κ2) is 6.80. The molecule has 0 saturated heterocycles. The van der Waals surface area contributed by atoms with Crippen molar-refractivity contribution in [3.63, 3.8) is 0 Å². The molecule has 5 heteroatoms. The van der Waals surface area contributed by atoms with Crippen molar-refractivity contribution in [1.82, 2.24) is 0 Å². The third-order valence-electron chi connectivity index (χ3n) is 3.03. The Balaban J connectivity index is 2.36. The molecular formula is C15H21N3O2. The lowest BCUT2D eigenvalue weighted by Crippen LogP contribution is -2.11. The number of ether oxygens (including phenoxy) is 1. The number of hydrogen-bond donors (Lipinski definition) is 2. The number of carbonyl (C=O) groups excluding carboxylic acids is 1. The maximum atomic E-state index is 11.8. The molecular weight excluding hydrogens is 254 g/mol. The van der Waals surface area contributed by atoms with Gasteiger partial charge in [-0.25, -0.2) is 4.79 Å². The van der Waals surface area contributed by atoms with Crippen LogP contribution in [0.15, 0.2) is 18.2 Å². The molecule has 0 heterocycles. The zero-order valence-corrected chi connectivity index (χ0v) is 12.0. The fraction of sp³-hybridized carbons (Fsp3) is 0.467. The molecule has 108 valence electrons. The minimum absolute atomic E-state index is 0.320. The normalized spacial score (nSPS) is 10.8. The van der Waals surface area contributed by atoms with E-state index in [9.17, 15) is 4.79 Å². The van der Waals surface area contributed by atoms with Crippen molar-refractivity contribution in [2.45, 2.75) is 33.1 Å². The summed E-state index contributed by atoms with van der Waals surface area (Å²) < 4.78 is 5.15. The number of nitriles is 1. The van der Waals surface area contributed by atoms with Gasteiger partial charge in [-0.15, -0.1) is 0 Å². The van der Waals surface area contributed by atoms with Crippen molar-refractivity contribution in [3.8, 4) is 6.07 Å². The van der Waals surface area contributed by atoms with E-state index in [1.165, 1.54) is 6.07 Å². The summed E-state index contributed by atoms with van der Waals surface area (Å²) in [4.78, 5) is 11.8. The molecule has 0 atom stereocenters. The molecule has 4 N–H and O–H groups in total. The van der Waals surface area contributed by atoms with Crippen LogP contribution in [0.1, 0.15) is 43.5 Å². The summed E-state index contributed by atoms with van der Waals surface area (Å²) in [6, 6.07) is 6.95. The molecule has 1 aromatic rings. The van der Waals surface area contributed by atoms with Crippen molar-refractivity contribution in [3.05, 3.63) is 23.8 Å². The maximum Gasteiger partial charge on any atom is 0.340 e. The summed E-state index contributed by atoms with van der Waals surface area (Å²) in [6.45, 7) is 4.12. The second-order valence-electron chi connectivity index (χ2n) is 5.44. The lowest BCUT2D eigenvalue weighted by atomic mass is 9.89. The van der Waals surface area contributed by atoms with E-state index in [0.717, 1.165) is 19.3 Å². The number of anilines is 2. The Hall–Kier alpha value is -2.22. The summed E-state index contributed by atoms with van der Waals surface area (Å²) >= 11 is 0. The number of rotatable bonds is 6. The van der Waals surface area contributed by atoms with Crippen LogP contribution in [0.3, 0.4) is 0 Å². The van der Waals surface area contributed by atoms with Crippen molar-refractivity contribution < 1.29 is 9.53 Å². The molecule has 0 aliphatic rings. The van der Waals surface area contributed by atoms with Gasteiger partial charge in [-0.1, -0.05) is 0 Å². The summed E-state index contributed by atoms with van der Waals surface area (Å²) in [5.74, 6) is -0.443. The van der Waals surface area contributed by atoms with Crippen molar-refractivity contribution in [2.75, 3.05) is 18.1 Å². The zero-order valence-electron chi connectivity index (χ0n) is 12.0. The number of hydrogen-bond acceptors (Lipinski definition) is 5. The molecule has 0 amide bonds. The van der Waals surface area contributed by atoms with Gasteiger partial charge in [0.05, 0.1) is 23.7 Å². The fourth-order valence-electron chi connectivity index (χ4n) is 1.73. The van der Waals surface area contributed by atoms with Gasteiger partial charge in [0.25, 0.3) is 0 Å². The molecule has 0 aliphatic heterocycles. The molecule has 1 aromatic carbocycles. The highest BCUT2D eigenvalue weighted by Crippen LogP contribution is 2.22. The summed E-state index contributed by atoms with van der Waals surface area (Å²) in [5, 5.41) is 8.88. The van der Waals surface area contributed by atoms with Crippen LogP contribution < -0.4 is 11.5 Å². The topological polar surface area (TPSA) is 102 Å². The van der Waals surface area contributed by atoms with Gasteiger partial charge in [0.1, 0.15) is 0 Å². The number of esters is 1. The molecule has 1 rings (SSSR count). The van der Waals surface area contributed by atoms with Crippen LogP contribution in [-0.4, -0.2) is 12.6 Å². The largest absolute Gasteiger partial charge is 0.462 e. The Morgan fingerprint density at radius 1 is 1.35 bits per heavy atom. The molecule has 0 aromatic heterocycles. The molecule has 5 nitrogen and oxygen atoms in total. The fourth-order valence-corrected chi connectivity index (χ4v) is 1.73. The number of nitrogen functional groups attached to an aromatic ring is 2. The second-order valence-corrected chi connectivity index (χ2v) is 5.44. The highest BCUT2D eigenvalue weighted by Gasteiger charge is 2.16. The van der Waals surface area contributed by atoms with E-state index in [2.05, 4.69) is 6.07 Å². The van der Waals surface area contributed by atoms with E-state index in [1.807, 2.05) is 13.8 Å². The van der Waals surface area contributed by atoms with Gasteiger partial charge in [0.2, 0.25) is 0 Å². The molecule has 0 fully saturated rings. The van der Waals surface area contributed by atoms with Gasteiger partial charge in [-0.2, -0.15) is 5.26 Å². The van der Waals surface area contributed by atoms with E-state index >= 15 is 0 Å². The van der Waals surface area contributed by atoms with E-state index in [-0.39, 0.29) is 5.41 Å².